The smallest absolute Gasteiger partial charge is 0.121 e. The third-order valence-corrected chi connectivity index (χ3v) is 2.99. The molecule has 2 aromatic rings. The lowest BCUT2D eigenvalue weighted by Crippen LogP contribution is -2.02. The van der Waals surface area contributed by atoms with Crippen LogP contribution in [-0.2, 0) is 6.42 Å². The van der Waals surface area contributed by atoms with Gasteiger partial charge in [0.2, 0.25) is 0 Å². The summed E-state index contributed by atoms with van der Waals surface area (Å²) >= 11 is 0. The molecule has 0 saturated carbocycles. The zero-order valence-corrected chi connectivity index (χ0v) is 10.9. The molecule has 2 rings (SSSR count). The van der Waals surface area contributed by atoms with Gasteiger partial charge in [0.1, 0.15) is 5.75 Å². The summed E-state index contributed by atoms with van der Waals surface area (Å²) in [6.45, 7) is 2.56. The van der Waals surface area contributed by atoms with E-state index in [2.05, 4.69) is 6.07 Å². The Morgan fingerprint density at radius 2 is 1.89 bits per heavy atom. The average Bonchev–Trinajstić information content (AvgIpc) is 2.43. The molecule has 0 heterocycles. The number of ether oxygens (including phenoxy) is 1. The lowest BCUT2D eigenvalue weighted by atomic mass is 10.1. The molecule has 0 unspecified atom stereocenters. The van der Waals surface area contributed by atoms with Gasteiger partial charge in [-0.3, -0.25) is 0 Å². The number of aryl methyl sites for hydroxylation is 1. The van der Waals surface area contributed by atoms with Crippen molar-refractivity contribution in [3.8, 4) is 11.8 Å². The molecule has 0 aliphatic heterocycles. The summed E-state index contributed by atoms with van der Waals surface area (Å²) in [7, 11) is 0. The predicted octanol–water partition coefficient (Wildman–Crippen LogP) is 3.07. The predicted molar refractivity (Wildman–Crippen MR) is 75.9 cm³/mol. The summed E-state index contributed by atoms with van der Waals surface area (Å²) < 4.78 is 5.66. The lowest BCUT2D eigenvalue weighted by Gasteiger charge is -2.08. The van der Waals surface area contributed by atoms with Gasteiger partial charge in [-0.05, 0) is 36.2 Å². The number of nitriles is 1. The van der Waals surface area contributed by atoms with Crippen LogP contribution in [0.4, 0.5) is 5.69 Å². The molecule has 0 amide bonds. The SMILES string of the molecule is Cc1ccc(OCCc2ccc(C#N)cc2)cc1N. The van der Waals surface area contributed by atoms with Gasteiger partial charge in [0, 0.05) is 18.2 Å². The molecule has 0 aliphatic rings. The van der Waals surface area contributed by atoms with Crippen LogP contribution in [0.2, 0.25) is 0 Å². The van der Waals surface area contributed by atoms with Gasteiger partial charge in [-0.15, -0.1) is 0 Å². The molecular weight excluding hydrogens is 236 g/mol. The number of hydrogen-bond donors (Lipinski definition) is 1. The summed E-state index contributed by atoms with van der Waals surface area (Å²) in [5.41, 5.74) is 9.45. The first kappa shape index (κ1) is 13.0. The summed E-state index contributed by atoms with van der Waals surface area (Å²) in [5, 5.41) is 8.72. The molecule has 0 fully saturated rings. The van der Waals surface area contributed by atoms with Crippen molar-refractivity contribution in [1.82, 2.24) is 0 Å². The normalized spacial score (nSPS) is 9.89. The largest absolute Gasteiger partial charge is 0.493 e. The maximum Gasteiger partial charge on any atom is 0.121 e. The Kier molecular flexibility index (Phi) is 4.04. The third kappa shape index (κ3) is 3.49. The quantitative estimate of drug-likeness (QED) is 0.851. The fraction of sp³-hybridized carbons (Fsp3) is 0.188. The highest BCUT2D eigenvalue weighted by Crippen LogP contribution is 2.19. The van der Waals surface area contributed by atoms with Crippen LogP contribution >= 0.6 is 0 Å². The maximum absolute atomic E-state index is 8.72. The second-order valence-corrected chi connectivity index (χ2v) is 4.43. The zero-order chi connectivity index (χ0) is 13.7. The highest BCUT2D eigenvalue weighted by molar-refractivity contribution is 5.50. The number of benzene rings is 2. The fourth-order valence-corrected chi connectivity index (χ4v) is 1.74. The maximum atomic E-state index is 8.72. The Hall–Kier alpha value is -2.47. The Labute approximate surface area is 113 Å². The Balaban J connectivity index is 1.89. The molecule has 19 heavy (non-hydrogen) atoms. The van der Waals surface area contributed by atoms with E-state index in [4.69, 9.17) is 15.7 Å². The van der Waals surface area contributed by atoms with E-state index in [0.29, 0.717) is 12.2 Å². The average molecular weight is 252 g/mol. The van der Waals surface area contributed by atoms with Crippen molar-refractivity contribution in [2.75, 3.05) is 12.3 Å². The molecule has 0 bridgehead atoms. The first-order chi connectivity index (χ1) is 9.19. The molecule has 2 N–H and O–H groups in total. The molecule has 0 aromatic heterocycles. The Bertz CT molecular complexity index is 597. The highest BCUT2D eigenvalue weighted by atomic mass is 16.5. The van der Waals surface area contributed by atoms with Gasteiger partial charge in [0.25, 0.3) is 0 Å². The Morgan fingerprint density at radius 1 is 1.16 bits per heavy atom. The lowest BCUT2D eigenvalue weighted by molar-refractivity contribution is 0.322. The summed E-state index contributed by atoms with van der Waals surface area (Å²) in [5.74, 6) is 0.789. The van der Waals surface area contributed by atoms with Gasteiger partial charge >= 0.3 is 0 Å². The number of hydrogen-bond acceptors (Lipinski definition) is 3. The summed E-state index contributed by atoms with van der Waals surface area (Å²) in [6, 6.07) is 15.4. The minimum Gasteiger partial charge on any atom is -0.493 e. The van der Waals surface area contributed by atoms with E-state index in [9.17, 15) is 0 Å². The van der Waals surface area contributed by atoms with E-state index in [1.54, 1.807) is 0 Å². The molecule has 2 aromatic carbocycles. The summed E-state index contributed by atoms with van der Waals surface area (Å²) in [4.78, 5) is 0. The van der Waals surface area contributed by atoms with Gasteiger partial charge in [0.05, 0.1) is 18.2 Å². The molecule has 0 radical (unpaired) electrons. The highest BCUT2D eigenvalue weighted by Gasteiger charge is 1.99. The van der Waals surface area contributed by atoms with E-state index in [1.165, 1.54) is 0 Å². The molecule has 96 valence electrons. The number of anilines is 1. The number of nitrogens with two attached hydrogens (primary N) is 1. The van der Waals surface area contributed by atoms with Crippen molar-refractivity contribution in [1.29, 1.82) is 5.26 Å². The molecule has 0 aliphatic carbocycles. The number of nitrogens with zero attached hydrogens (tertiary/aromatic N) is 1. The molecule has 0 atom stereocenters. The van der Waals surface area contributed by atoms with E-state index in [-0.39, 0.29) is 0 Å². The first-order valence-electron chi connectivity index (χ1n) is 6.17. The van der Waals surface area contributed by atoms with Crippen LogP contribution < -0.4 is 10.5 Å². The zero-order valence-electron chi connectivity index (χ0n) is 10.9. The van der Waals surface area contributed by atoms with Gasteiger partial charge in [0.15, 0.2) is 0 Å². The van der Waals surface area contributed by atoms with Crippen LogP contribution in [0.15, 0.2) is 42.5 Å². The van der Waals surface area contributed by atoms with Crippen LogP contribution in [0.3, 0.4) is 0 Å². The van der Waals surface area contributed by atoms with Gasteiger partial charge in [-0.2, -0.15) is 5.26 Å². The first-order valence-corrected chi connectivity index (χ1v) is 6.17. The molecule has 0 saturated heterocycles. The van der Waals surface area contributed by atoms with E-state index < -0.39 is 0 Å². The van der Waals surface area contributed by atoms with Gasteiger partial charge in [-0.1, -0.05) is 18.2 Å². The van der Waals surface area contributed by atoms with Crippen LogP contribution in [0.25, 0.3) is 0 Å². The fourth-order valence-electron chi connectivity index (χ4n) is 1.74. The molecular formula is C16H16N2O. The van der Waals surface area contributed by atoms with Crippen LogP contribution in [0, 0.1) is 18.3 Å². The molecule has 0 spiro atoms. The van der Waals surface area contributed by atoms with Crippen LogP contribution in [-0.4, -0.2) is 6.61 Å². The van der Waals surface area contributed by atoms with Crippen LogP contribution in [0.1, 0.15) is 16.7 Å². The molecule has 3 heteroatoms. The van der Waals surface area contributed by atoms with Crippen molar-refractivity contribution in [2.45, 2.75) is 13.3 Å². The topological polar surface area (TPSA) is 59.0 Å². The van der Waals surface area contributed by atoms with Crippen molar-refractivity contribution in [2.24, 2.45) is 0 Å². The second-order valence-electron chi connectivity index (χ2n) is 4.43. The van der Waals surface area contributed by atoms with Crippen molar-refractivity contribution in [3.63, 3.8) is 0 Å². The van der Waals surface area contributed by atoms with Crippen LogP contribution in [0.5, 0.6) is 5.75 Å². The minimum absolute atomic E-state index is 0.592. The van der Waals surface area contributed by atoms with E-state index in [1.807, 2.05) is 49.4 Å². The minimum atomic E-state index is 0.592. The van der Waals surface area contributed by atoms with Gasteiger partial charge < -0.3 is 10.5 Å². The van der Waals surface area contributed by atoms with E-state index in [0.717, 1.165) is 29.0 Å². The Morgan fingerprint density at radius 3 is 2.53 bits per heavy atom. The third-order valence-electron chi connectivity index (χ3n) is 2.99. The standard InChI is InChI=1S/C16H16N2O/c1-12-2-7-15(10-16(12)18)19-9-8-13-3-5-14(11-17)6-4-13/h2-7,10H,8-9,18H2,1H3. The number of nitrogen functional groups attached to an aromatic ring is 1. The van der Waals surface area contributed by atoms with Crippen molar-refractivity contribution >= 4 is 5.69 Å². The van der Waals surface area contributed by atoms with Gasteiger partial charge in [-0.25, -0.2) is 0 Å². The summed E-state index contributed by atoms with van der Waals surface area (Å²) in [6.07, 6.45) is 0.805. The van der Waals surface area contributed by atoms with Crippen molar-refractivity contribution < 1.29 is 4.74 Å². The monoisotopic (exact) mass is 252 g/mol. The second kappa shape index (κ2) is 5.92. The number of rotatable bonds is 4. The molecule has 3 nitrogen and oxygen atoms in total. The van der Waals surface area contributed by atoms with E-state index >= 15 is 0 Å². The van der Waals surface area contributed by atoms with Crippen molar-refractivity contribution in [3.05, 3.63) is 59.2 Å².